The highest BCUT2D eigenvalue weighted by atomic mass is 79.9. The van der Waals surface area contributed by atoms with Crippen LogP contribution in [0.15, 0.2) is 27.5 Å². The van der Waals surface area contributed by atoms with Gasteiger partial charge in [0, 0.05) is 17.6 Å². The molecule has 23 heavy (non-hydrogen) atoms. The third kappa shape index (κ3) is 2.61. The quantitative estimate of drug-likeness (QED) is 0.721. The van der Waals surface area contributed by atoms with Gasteiger partial charge in [-0.05, 0) is 31.0 Å². The topological polar surface area (TPSA) is 79.7 Å². The number of nitrogens with zero attached hydrogens (tertiary/aromatic N) is 5. The van der Waals surface area contributed by atoms with Gasteiger partial charge in [0.25, 0.3) is 5.56 Å². The summed E-state index contributed by atoms with van der Waals surface area (Å²) in [6, 6.07) is 5.36. The van der Waals surface area contributed by atoms with E-state index in [-0.39, 0.29) is 11.1 Å². The molecule has 1 aliphatic rings. The van der Waals surface area contributed by atoms with Crippen molar-refractivity contribution in [2.75, 3.05) is 18.0 Å². The molecule has 0 radical (unpaired) electrons. The van der Waals surface area contributed by atoms with Crippen LogP contribution in [-0.2, 0) is 0 Å². The van der Waals surface area contributed by atoms with Crippen LogP contribution in [-0.4, -0.2) is 38.1 Å². The first-order chi connectivity index (χ1) is 11.1. The van der Waals surface area contributed by atoms with Gasteiger partial charge in [-0.25, -0.2) is 0 Å². The number of H-pyrrole nitrogens is 1. The molecule has 0 atom stereocenters. The number of aromatic nitrogens is 5. The minimum absolute atomic E-state index is 0.201. The number of halogens is 2. The Bertz CT molecular complexity index is 946. The maximum atomic E-state index is 12.3. The van der Waals surface area contributed by atoms with Gasteiger partial charge < -0.3 is 4.90 Å². The summed E-state index contributed by atoms with van der Waals surface area (Å²) < 4.78 is 0.857. The second-order valence-corrected chi connectivity index (χ2v) is 6.66. The Kier molecular flexibility index (Phi) is 3.57. The normalized spacial score (nSPS) is 14.8. The number of fused-ring (bicyclic) bond motifs is 1. The minimum Gasteiger partial charge on any atom is -0.342 e. The second-order valence-electron chi connectivity index (χ2n) is 5.34. The molecule has 0 saturated carbocycles. The molecular weight excluding hydrogens is 384 g/mol. The maximum Gasteiger partial charge on any atom is 0.282 e. The van der Waals surface area contributed by atoms with Crippen molar-refractivity contribution < 1.29 is 0 Å². The lowest BCUT2D eigenvalue weighted by atomic mass is 10.3. The average Bonchev–Trinajstić information content (AvgIpc) is 3.16. The van der Waals surface area contributed by atoms with Crippen molar-refractivity contribution in [2.24, 2.45) is 0 Å². The molecule has 1 N–H and O–H groups in total. The molecule has 4 rings (SSSR count). The van der Waals surface area contributed by atoms with Gasteiger partial charge in [0.05, 0.1) is 5.02 Å². The van der Waals surface area contributed by atoms with Crippen LogP contribution in [0.4, 0.5) is 5.95 Å². The molecule has 7 nitrogen and oxygen atoms in total. The number of rotatable bonds is 2. The standard InChI is InChI=1S/C14H12BrClN6O/c15-8-3-4-10(9(16)7-8)22-19-11-12(20-22)17-14(18-13(11)23)21-5-1-2-6-21/h3-4,7H,1-2,5-6H2,(H,17,18,20,23). The molecule has 1 fully saturated rings. The van der Waals surface area contributed by atoms with E-state index in [0.717, 1.165) is 30.4 Å². The molecule has 3 heterocycles. The Balaban J connectivity index is 1.84. The zero-order valence-electron chi connectivity index (χ0n) is 12.0. The summed E-state index contributed by atoms with van der Waals surface area (Å²) in [7, 11) is 0. The van der Waals surface area contributed by atoms with Gasteiger partial charge in [0.2, 0.25) is 11.6 Å². The molecule has 3 aromatic rings. The van der Waals surface area contributed by atoms with E-state index in [0.29, 0.717) is 22.3 Å². The third-order valence-electron chi connectivity index (χ3n) is 3.78. The van der Waals surface area contributed by atoms with E-state index >= 15 is 0 Å². The molecule has 118 valence electrons. The molecule has 2 aromatic heterocycles. The van der Waals surface area contributed by atoms with Crippen LogP contribution in [0.2, 0.25) is 5.02 Å². The highest BCUT2D eigenvalue weighted by Crippen LogP contribution is 2.24. The second kappa shape index (κ2) is 5.61. The molecule has 1 saturated heterocycles. The molecule has 9 heteroatoms. The SMILES string of the molecule is O=c1[nH]c(N2CCCC2)nc2nn(-c3ccc(Br)cc3Cl)nc12. The highest BCUT2D eigenvalue weighted by Gasteiger charge is 2.18. The van der Waals surface area contributed by atoms with Crippen molar-refractivity contribution in [1.82, 2.24) is 25.0 Å². The molecule has 0 spiro atoms. The number of nitrogens with one attached hydrogen (secondary N) is 1. The van der Waals surface area contributed by atoms with Crippen molar-refractivity contribution >= 4 is 44.6 Å². The van der Waals surface area contributed by atoms with E-state index in [4.69, 9.17) is 11.6 Å². The van der Waals surface area contributed by atoms with Gasteiger partial charge in [0.1, 0.15) is 5.69 Å². The highest BCUT2D eigenvalue weighted by molar-refractivity contribution is 9.10. The smallest absolute Gasteiger partial charge is 0.282 e. The Labute approximate surface area is 144 Å². The first kappa shape index (κ1) is 14.6. The van der Waals surface area contributed by atoms with Crippen LogP contribution < -0.4 is 10.5 Å². The first-order valence-electron chi connectivity index (χ1n) is 7.19. The summed E-state index contributed by atoms with van der Waals surface area (Å²) in [5, 5.41) is 9.02. The lowest BCUT2D eigenvalue weighted by molar-refractivity contribution is 0.763. The van der Waals surface area contributed by atoms with E-state index in [1.165, 1.54) is 4.80 Å². The summed E-state index contributed by atoms with van der Waals surface area (Å²) in [5.41, 5.74) is 0.813. The van der Waals surface area contributed by atoms with Crippen molar-refractivity contribution in [3.63, 3.8) is 0 Å². The van der Waals surface area contributed by atoms with Crippen molar-refractivity contribution in [2.45, 2.75) is 12.8 Å². The number of benzene rings is 1. The van der Waals surface area contributed by atoms with E-state index in [2.05, 4.69) is 36.1 Å². The number of hydrogen-bond acceptors (Lipinski definition) is 5. The summed E-state index contributed by atoms with van der Waals surface area (Å²) in [6.45, 7) is 1.78. The lowest BCUT2D eigenvalue weighted by Crippen LogP contribution is -2.23. The van der Waals surface area contributed by atoms with Crippen LogP contribution in [0.3, 0.4) is 0 Å². The van der Waals surface area contributed by atoms with E-state index in [1.807, 2.05) is 11.0 Å². The molecule has 0 aliphatic carbocycles. The lowest BCUT2D eigenvalue weighted by Gasteiger charge is -2.14. The fourth-order valence-electron chi connectivity index (χ4n) is 2.64. The molecule has 0 bridgehead atoms. The van der Waals surface area contributed by atoms with E-state index in [9.17, 15) is 4.79 Å². The monoisotopic (exact) mass is 394 g/mol. The maximum absolute atomic E-state index is 12.3. The Hall–Kier alpha value is -1.93. The molecule has 0 unspecified atom stereocenters. The van der Waals surface area contributed by atoms with Gasteiger partial charge >= 0.3 is 0 Å². The minimum atomic E-state index is -0.295. The van der Waals surface area contributed by atoms with Gasteiger partial charge in [-0.1, -0.05) is 27.5 Å². The fraction of sp³-hybridized carbons (Fsp3) is 0.286. The summed E-state index contributed by atoms with van der Waals surface area (Å²) in [5.74, 6) is 0.550. The Morgan fingerprint density at radius 1 is 1.22 bits per heavy atom. The summed E-state index contributed by atoms with van der Waals surface area (Å²) in [6.07, 6.45) is 2.20. The van der Waals surface area contributed by atoms with Gasteiger partial charge in [-0.15, -0.1) is 15.0 Å². The molecule has 1 aliphatic heterocycles. The summed E-state index contributed by atoms with van der Waals surface area (Å²) >= 11 is 9.58. The molecule has 0 amide bonds. The van der Waals surface area contributed by atoms with Crippen LogP contribution in [0.1, 0.15) is 12.8 Å². The zero-order chi connectivity index (χ0) is 16.0. The number of aromatic amines is 1. The van der Waals surface area contributed by atoms with Crippen molar-refractivity contribution in [3.05, 3.63) is 38.0 Å². The van der Waals surface area contributed by atoms with Crippen molar-refractivity contribution in [1.29, 1.82) is 0 Å². The molecular formula is C14H12BrClN6O. The van der Waals surface area contributed by atoms with Gasteiger partial charge in [0.15, 0.2) is 5.52 Å². The van der Waals surface area contributed by atoms with Crippen molar-refractivity contribution in [3.8, 4) is 5.69 Å². The van der Waals surface area contributed by atoms with Crippen LogP contribution in [0, 0.1) is 0 Å². The largest absolute Gasteiger partial charge is 0.342 e. The summed E-state index contributed by atoms with van der Waals surface area (Å²) in [4.78, 5) is 22.9. The predicted molar refractivity (Wildman–Crippen MR) is 91.4 cm³/mol. The predicted octanol–water partition coefficient (Wildman–Crippen LogP) is 2.52. The van der Waals surface area contributed by atoms with Crippen LogP contribution >= 0.6 is 27.5 Å². The van der Waals surface area contributed by atoms with Crippen LogP contribution in [0.5, 0.6) is 0 Å². The first-order valence-corrected chi connectivity index (χ1v) is 8.37. The number of anilines is 1. The third-order valence-corrected chi connectivity index (χ3v) is 4.57. The Morgan fingerprint density at radius 2 is 2.00 bits per heavy atom. The van der Waals surface area contributed by atoms with Gasteiger partial charge in [-0.2, -0.15) is 4.98 Å². The average molecular weight is 396 g/mol. The van der Waals surface area contributed by atoms with Gasteiger partial charge in [-0.3, -0.25) is 9.78 Å². The number of hydrogen-bond donors (Lipinski definition) is 1. The zero-order valence-corrected chi connectivity index (χ0v) is 14.3. The van der Waals surface area contributed by atoms with E-state index in [1.54, 1.807) is 12.1 Å². The van der Waals surface area contributed by atoms with E-state index < -0.39 is 0 Å². The molecule has 1 aromatic carbocycles. The fourth-order valence-corrected chi connectivity index (χ4v) is 3.39. The Morgan fingerprint density at radius 3 is 2.74 bits per heavy atom. The van der Waals surface area contributed by atoms with Crippen LogP contribution in [0.25, 0.3) is 16.9 Å².